The van der Waals surface area contributed by atoms with Crippen molar-refractivity contribution >= 4 is 47.4 Å². The zero-order valence-electron chi connectivity index (χ0n) is 16.5. The van der Waals surface area contributed by atoms with Gasteiger partial charge in [-0.15, -0.1) is 24.0 Å². The maximum absolute atomic E-state index is 11.6. The number of rotatable bonds is 6. The van der Waals surface area contributed by atoms with Crippen LogP contribution in [-0.2, 0) is 11.2 Å². The molecule has 0 saturated carbocycles. The van der Waals surface area contributed by atoms with Crippen molar-refractivity contribution < 1.29 is 9.32 Å². The smallest absolute Gasteiger partial charge is 0.228 e. The Labute approximate surface area is 192 Å². The summed E-state index contributed by atoms with van der Waals surface area (Å²) < 4.78 is 5.32. The third-order valence-electron chi connectivity index (χ3n) is 4.46. The Balaban J connectivity index is 0.00000300. The molecule has 0 spiro atoms. The van der Waals surface area contributed by atoms with Gasteiger partial charge in [-0.25, -0.2) is 0 Å². The van der Waals surface area contributed by atoms with E-state index in [0.717, 1.165) is 24.5 Å². The molecule has 2 heterocycles. The minimum atomic E-state index is 0. The normalized spacial score (nSPS) is 17.1. The van der Waals surface area contributed by atoms with E-state index in [1.165, 1.54) is 0 Å². The Kier molecular flexibility index (Phi) is 9.15. The third-order valence-corrected chi connectivity index (χ3v) is 4.69. The number of carbonyl (C=O) groups excluding carboxylic acids is 1. The van der Waals surface area contributed by atoms with E-state index in [9.17, 15) is 4.79 Å². The molecule has 1 fully saturated rings. The number of amides is 1. The van der Waals surface area contributed by atoms with Crippen LogP contribution in [-0.4, -0.2) is 59.6 Å². The Morgan fingerprint density at radius 3 is 3.00 bits per heavy atom. The highest BCUT2D eigenvalue weighted by Gasteiger charge is 2.23. The Morgan fingerprint density at radius 1 is 1.45 bits per heavy atom. The number of aromatic nitrogens is 2. The maximum Gasteiger partial charge on any atom is 0.228 e. The van der Waals surface area contributed by atoms with Crippen molar-refractivity contribution in [2.75, 3.05) is 26.7 Å². The van der Waals surface area contributed by atoms with E-state index in [0.29, 0.717) is 42.7 Å². The number of halogens is 2. The molecule has 1 saturated heterocycles. The number of hydrogen-bond acceptors (Lipinski definition) is 5. The minimum Gasteiger partial charge on any atom is -0.357 e. The van der Waals surface area contributed by atoms with Gasteiger partial charge in [0.2, 0.25) is 17.6 Å². The van der Waals surface area contributed by atoms with Crippen molar-refractivity contribution in [3.8, 4) is 11.4 Å². The maximum atomic E-state index is 11.6. The van der Waals surface area contributed by atoms with Crippen molar-refractivity contribution in [3.63, 3.8) is 0 Å². The molecule has 0 aliphatic carbocycles. The average molecular weight is 533 g/mol. The van der Waals surface area contributed by atoms with Crippen molar-refractivity contribution in [2.24, 2.45) is 4.99 Å². The summed E-state index contributed by atoms with van der Waals surface area (Å²) in [7, 11) is 1.83. The van der Waals surface area contributed by atoms with Gasteiger partial charge in [-0.2, -0.15) is 4.98 Å². The first-order valence-corrected chi connectivity index (χ1v) is 9.80. The molecule has 1 unspecified atom stereocenters. The molecule has 2 N–H and O–H groups in total. The molecule has 0 radical (unpaired) electrons. The Hall–Kier alpha value is -1.88. The summed E-state index contributed by atoms with van der Waals surface area (Å²) in [4.78, 5) is 22.4. The van der Waals surface area contributed by atoms with Crippen LogP contribution in [0.15, 0.2) is 33.8 Å². The Bertz CT molecular complexity index is 844. The number of likely N-dealkylation sites (N-methyl/N-ethyl adjacent to an activating group) is 1. The summed E-state index contributed by atoms with van der Waals surface area (Å²) in [6.45, 7) is 3.96. The monoisotopic (exact) mass is 532 g/mol. The molecule has 2 aromatic rings. The summed E-state index contributed by atoms with van der Waals surface area (Å²) in [5.74, 6) is 1.95. The summed E-state index contributed by atoms with van der Waals surface area (Å²) in [6.07, 6.45) is 1.90. The largest absolute Gasteiger partial charge is 0.357 e. The second-order valence-corrected chi connectivity index (χ2v) is 7.12. The lowest BCUT2D eigenvalue weighted by molar-refractivity contribution is -0.132. The van der Waals surface area contributed by atoms with E-state index in [2.05, 4.69) is 25.8 Å². The first kappa shape index (κ1) is 23.4. The number of nitrogens with zero attached hydrogens (tertiary/aromatic N) is 4. The van der Waals surface area contributed by atoms with Crippen molar-refractivity contribution in [2.45, 2.75) is 32.2 Å². The predicted octanol–water partition coefficient (Wildman–Crippen LogP) is 2.73. The molecule has 1 aromatic carbocycles. The number of likely N-dealkylation sites (tertiary alicyclic amines) is 1. The molecular weight excluding hydrogens is 507 g/mol. The highest BCUT2D eigenvalue weighted by atomic mass is 127. The quantitative estimate of drug-likeness (QED) is 0.337. The SMILES string of the molecule is CCNC(=NCCc1nc(-c2cccc(Cl)c2)no1)NC1CCC(=O)N(C)C1.I. The van der Waals surface area contributed by atoms with E-state index >= 15 is 0 Å². The van der Waals surface area contributed by atoms with Crippen LogP contribution < -0.4 is 10.6 Å². The van der Waals surface area contributed by atoms with Gasteiger partial charge in [0.1, 0.15) is 0 Å². The average Bonchev–Trinajstić information content (AvgIpc) is 3.14. The van der Waals surface area contributed by atoms with Gasteiger partial charge in [-0.1, -0.05) is 28.9 Å². The third kappa shape index (κ3) is 6.84. The first-order chi connectivity index (χ1) is 13.5. The van der Waals surface area contributed by atoms with Gasteiger partial charge in [0.15, 0.2) is 5.96 Å². The van der Waals surface area contributed by atoms with Gasteiger partial charge in [0, 0.05) is 49.6 Å². The summed E-state index contributed by atoms with van der Waals surface area (Å²) in [6, 6.07) is 7.53. The standard InChI is InChI=1S/C19H25ClN6O2.HI/c1-3-21-19(23-15-7-8-17(27)26(2)12-15)22-10-9-16-24-18(25-28-16)13-5-4-6-14(20)11-13;/h4-6,11,15H,3,7-10,12H2,1-2H3,(H2,21,22,23);1H. The first-order valence-electron chi connectivity index (χ1n) is 9.42. The topological polar surface area (TPSA) is 95.6 Å². The van der Waals surface area contributed by atoms with Gasteiger partial charge in [0.05, 0.1) is 6.54 Å². The van der Waals surface area contributed by atoms with Crippen LogP contribution >= 0.6 is 35.6 Å². The molecule has 1 atom stereocenters. The molecule has 3 rings (SSSR count). The predicted molar refractivity (Wildman–Crippen MR) is 124 cm³/mol. The summed E-state index contributed by atoms with van der Waals surface area (Å²) in [5, 5.41) is 11.3. The van der Waals surface area contributed by atoms with Gasteiger partial charge in [0.25, 0.3) is 0 Å². The zero-order chi connectivity index (χ0) is 19.9. The number of piperidine rings is 1. The lowest BCUT2D eigenvalue weighted by Crippen LogP contribution is -2.51. The fourth-order valence-corrected chi connectivity index (χ4v) is 3.20. The molecule has 1 aromatic heterocycles. The number of aliphatic imine (C=N–C) groups is 1. The molecule has 1 aliphatic rings. The summed E-state index contributed by atoms with van der Waals surface area (Å²) >= 11 is 6.01. The number of guanidine groups is 1. The van der Waals surface area contributed by atoms with E-state index in [1.807, 2.05) is 26.1 Å². The van der Waals surface area contributed by atoms with Crippen LogP contribution in [0.2, 0.25) is 5.02 Å². The van der Waals surface area contributed by atoms with Crippen LogP contribution in [0.4, 0.5) is 0 Å². The van der Waals surface area contributed by atoms with Crippen LogP contribution in [0, 0.1) is 0 Å². The Morgan fingerprint density at radius 2 is 2.28 bits per heavy atom. The highest BCUT2D eigenvalue weighted by molar-refractivity contribution is 14.0. The lowest BCUT2D eigenvalue weighted by Gasteiger charge is -2.31. The zero-order valence-corrected chi connectivity index (χ0v) is 19.6. The lowest BCUT2D eigenvalue weighted by atomic mass is 10.1. The second-order valence-electron chi connectivity index (χ2n) is 6.69. The molecular formula is C19H26ClIN6O2. The fraction of sp³-hybridized carbons (Fsp3) is 0.474. The van der Waals surface area contributed by atoms with E-state index in [4.69, 9.17) is 16.1 Å². The molecule has 10 heteroatoms. The second kappa shape index (κ2) is 11.3. The van der Waals surface area contributed by atoms with E-state index in [1.54, 1.807) is 17.0 Å². The molecule has 1 aliphatic heterocycles. The van der Waals surface area contributed by atoms with Gasteiger partial charge in [-0.3, -0.25) is 9.79 Å². The van der Waals surface area contributed by atoms with Crippen LogP contribution in [0.5, 0.6) is 0 Å². The highest BCUT2D eigenvalue weighted by Crippen LogP contribution is 2.20. The van der Waals surface area contributed by atoms with Crippen molar-refractivity contribution in [3.05, 3.63) is 35.2 Å². The van der Waals surface area contributed by atoms with Crippen LogP contribution in [0.25, 0.3) is 11.4 Å². The van der Waals surface area contributed by atoms with E-state index in [-0.39, 0.29) is 35.9 Å². The van der Waals surface area contributed by atoms with Gasteiger partial charge < -0.3 is 20.1 Å². The number of carbonyl (C=O) groups is 1. The van der Waals surface area contributed by atoms with Crippen LogP contribution in [0.3, 0.4) is 0 Å². The number of nitrogens with one attached hydrogen (secondary N) is 2. The molecule has 1 amide bonds. The molecule has 29 heavy (non-hydrogen) atoms. The van der Waals surface area contributed by atoms with E-state index < -0.39 is 0 Å². The van der Waals surface area contributed by atoms with Crippen molar-refractivity contribution in [1.82, 2.24) is 25.7 Å². The van der Waals surface area contributed by atoms with Crippen LogP contribution in [0.1, 0.15) is 25.7 Å². The fourth-order valence-electron chi connectivity index (χ4n) is 3.01. The van der Waals surface area contributed by atoms with Crippen molar-refractivity contribution in [1.29, 1.82) is 0 Å². The molecule has 8 nitrogen and oxygen atoms in total. The summed E-state index contributed by atoms with van der Waals surface area (Å²) in [5.41, 5.74) is 0.817. The van der Waals surface area contributed by atoms with Gasteiger partial charge >= 0.3 is 0 Å². The van der Waals surface area contributed by atoms with Gasteiger partial charge in [-0.05, 0) is 25.5 Å². The number of benzene rings is 1. The molecule has 158 valence electrons. The number of hydrogen-bond donors (Lipinski definition) is 2. The minimum absolute atomic E-state index is 0. The molecule has 0 bridgehead atoms.